The molecule has 1 saturated carbocycles. The number of pyridine rings is 1. The van der Waals surface area contributed by atoms with E-state index in [9.17, 15) is 13.6 Å². The third-order valence-electron chi connectivity index (χ3n) is 9.77. The predicted molar refractivity (Wildman–Crippen MR) is 141 cm³/mol. The smallest absolute Gasteiger partial charge is 0.248 e. The lowest BCUT2D eigenvalue weighted by Gasteiger charge is -2.48. The van der Waals surface area contributed by atoms with E-state index in [0.717, 1.165) is 44.3 Å². The number of hydrogen-bond acceptors (Lipinski definition) is 3. The Morgan fingerprint density at radius 2 is 1.84 bits per heavy atom. The molecule has 1 amide bonds. The first-order chi connectivity index (χ1) is 17.9. The maximum Gasteiger partial charge on any atom is 0.248 e. The number of nitrogens with one attached hydrogen (secondary N) is 1. The van der Waals surface area contributed by atoms with Gasteiger partial charge >= 0.3 is 0 Å². The minimum absolute atomic E-state index is 0.00612. The molecule has 4 unspecified atom stereocenters. The molecule has 198 valence electrons. The van der Waals surface area contributed by atoms with Crippen molar-refractivity contribution in [2.75, 3.05) is 19.6 Å². The van der Waals surface area contributed by atoms with E-state index in [0.29, 0.717) is 37.0 Å². The highest BCUT2D eigenvalue weighted by Crippen LogP contribution is 2.48. The number of amides is 1. The Bertz CT molecular complexity index is 1130. The van der Waals surface area contributed by atoms with Crippen molar-refractivity contribution in [3.8, 4) is 0 Å². The number of aromatic nitrogens is 1. The van der Waals surface area contributed by atoms with Crippen LogP contribution >= 0.6 is 11.6 Å². The van der Waals surface area contributed by atoms with Gasteiger partial charge in [-0.1, -0.05) is 48.0 Å². The van der Waals surface area contributed by atoms with E-state index in [1.165, 1.54) is 11.1 Å². The summed E-state index contributed by atoms with van der Waals surface area (Å²) in [5.74, 6) is -2.06. The lowest BCUT2D eigenvalue weighted by molar-refractivity contribution is -0.144. The molecule has 1 aromatic heterocycles. The quantitative estimate of drug-likeness (QED) is 0.488. The monoisotopic (exact) mass is 527 g/mol. The molecule has 3 fully saturated rings. The van der Waals surface area contributed by atoms with Crippen molar-refractivity contribution in [1.82, 2.24) is 15.2 Å². The summed E-state index contributed by atoms with van der Waals surface area (Å²) in [7, 11) is 0. The number of benzene rings is 1. The second-order valence-corrected chi connectivity index (χ2v) is 12.1. The molecule has 2 aromatic rings. The Hall–Kier alpha value is -2.05. The van der Waals surface area contributed by atoms with Crippen LogP contribution in [0.5, 0.6) is 0 Å². The van der Waals surface area contributed by atoms with Crippen LogP contribution in [0, 0.1) is 11.8 Å². The van der Waals surface area contributed by atoms with Crippen molar-refractivity contribution in [1.29, 1.82) is 0 Å². The third kappa shape index (κ3) is 4.69. The molecular weight excluding hydrogens is 492 g/mol. The number of rotatable bonds is 3. The second-order valence-electron chi connectivity index (χ2n) is 11.7. The van der Waals surface area contributed by atoms with Crippen LogP contribution in [0.15, 0.2) is 42.5 Å². The van der Waals surface area contributed by atoms with E-state index in [1.54, 1.807) is 0 Å². The van der Waals surface area contributed by atoms with Crippen LogP contribution in [-0.2, 0) is 16.6 Å². The van der Waals surface area contributed by atoms with E-state index >= 15 is 0 Å². The predicted octanol–water partition coefficient (Wildman–Crippen LogP) is 6.13. The topological polar surface area (TPSA) is 45.2 Å². The van der Waals surface area contributed by atoms with Crippen LogP contribution in [0.1, 0.15) is 74.1 Å². The number of likely N-dealkylation sites (tertiary alicyclic amines) is 1. The fourth-order valence-electron chi connectivity index (χ4n) is 7.85. The molecule has 1 N–H and O–H groups in total. The highest BCUT2D eigenvalue weighted by molar-refractivity contribution is 6.29. The maximum atomic E-state index is 14.5. The summed E-state index contributed by atoms with van der Waals surface area (Å²) in [6.07, 6.45) is 5.44. The van der Waals surface area contributed by atoms with E-state index in [4.69, 9.17) is 11.6 Å². The molecule has 4 atom stereocenters. The Morgan fingerprint density at radius 1 is 1.05 bits per heavy atom. The first kappa shape index (κ1) is 25.2. The largest absolute Gasteiger partial charge is 0.339 e. The van der Waals surface area contributed by atoms with Crippen LogP contribution in [0.25, 0.3) is 0 Å². The number of carbonyl (C=O) groups excluding carboxylic acids is 1. The summed E-state index contributed by atoms with van der Waals surface area (Å²) in [6.45, 7) is 2.10. The number of fused-ring (bicyclic) bond motifs is 2. The fourth-order valence-corrected chi connectivity index (χ4v) is 8.01. The minimum atomic E-state index is -2.57. The normalized spacial score (nSPS) is 31.9. The van der Waals surface area contributed by atoms with Gasteiger partial charge in [0.25, 0.3) is 0 Å². The lowest BCUT2D eigenvalue weighted by Crippen LogP contribution is -2.55. The molecule has 0 radical (unpaired) electrons. The van der Waals surface area contributed by atoms with Gasteiger partial charge in [0.2, 0.25) is 11.8 Å². The van der Waals surface area contributed by atoms with Crippen molar-refractivity contribution >= 4 is 17.5 Å². The molecule has 2 saturated heterocycles. The Kier molecular flexibility index (Phi) is 6.77. The van der Waals surface area contributed by atoms with Gasteiger partial charge in [0, 0.05) is 49.6 Å². The lowest BCUT2D eigenvalue weighted by atomic mass is 9.64. The van der Waals surface area contributed by atoms with Crippen LogP contribution < -0.4 is 5.32 Å². The van der Waals surface area contributed by atoms with Crippen molar-refractivity contribution in [3.63, 3.8) is 0 Å². The average molecular weight is 528 g/mol. The van der Waals surface area contributed by atoms with Gasteiger partial charge in [-0.05, 0) is 74.0 Å². The molecule has 2 aliphatic heterocycles. The summed E-state index contributed by atoms with van der Waals surface area (Å²) in [6, 6.07) is 14.4. The first-order valence-electron chi connectivity index (χ1n) is 14.0. The molecule has 1 aromatic carbocycles. The number of hydrogen-bond donors (Lipinski definition) is 1. The summed E-state index contributed by atoms with van der Waals surface area (Å²) in [4.78, 5) is 21.2. The summed E-state index contributed by atoms with van der Waals surface area (Å²) >= 11 is 6.23. The molecule has 0 bridgehead atoms. The van der Waals surface area contributed by atoms with E-state index in [2.05, 4.69) is 45.5 Å². The van der Waals surface area contributed by atoms with Gasteiger partial charge in [0.15, 0.2) is 0 Å². The highest BCUT2D eigenvalue weighted by Gasteiger charge is 2.53. The van der Waals surface area contributed by atoms with Gasteiger partial charge in [-0.25, -0.2) is 13.8 Å². The van der Waals surface area contributed by atoms with Crippen LogP contribution in [0.3, 0.4) is 0 Å². The van der Waals surface area contributed by atoms with Gasteiger partial charge in [-0.3, -0.25) is 4.79 Å². The molecule has 3 heterocycles. The zero-order chi connectivity index (χ0) is 25.6. The molecule has 7 heteroatoms. The highest BCUT2D eigenvalue weighted by atomic mass is 35.5. The van der Waals surface area contributed by atoms with Crippen molar-refractivity contribution in [2.24, 2.45) is 11.8 Å². The summed E-state index contributed by atoms with van der Waals surface area (Å²) in [5, 5.41) is 4.04. The molecule has 2 aliphatic carbocycles. The maximum absolute atomic E-state index is 14.5. The molecule has 1 spiro atoms. The zero-order valence-electron chi connectivity index (χ0n) is 21.3. The van der Waals surface area contributed by atoms with Crippen molar-refractivity contribution in [2.45, 2.75) is 81.1 Å². The van der Waals surface area contributed by atoms with Crippen LogP contribution in [0.2, 0.25) is 5.15 Å². The van der Waals surface area contributed by atoms with Gasteiger partial charge in [0.05, 0.1) is 5.92 Å². The van der Waals surface area contributed by atoms with E-state index < -0.39 is 5.92 Å². The number of halogens is 3. The first-order valence-corrected chi connectivity index (χ1v) is 14.3. The van der Waals surface area contributed by atoms with Gasteiger partial charge in [-0.2, -0.15) is 0 Å². The zero-order valence-corrected chi connectivity index (χ0v) is 22.0. The molecule has 37 heavy (non-hydrogen) atoms. The third-order valence-corrected chi connectivity index (χ3v) is 9.98. The van der Waals surface area contributed by atoms with Gasteiger partial charge in [-0.15, -0.1) is 0 Å². The van der Waals surface area contributed by atoms with Crippen molar-refractivity contribution in [3.05, 3.63) is 64.4 Å². The average Bonchev–Trinajstić information content (AvgIpc) is 3.32. The molecular formula is C30H36ClF2N3O. The Morgan fingerprint density at radius 3 is 2.62 bits per heavy atom. The van der Waals surface area contributed by atoms with E-state index in [-0.39, 0.29) is 42.0 Å². The SMILES string of the molecule is O=C(C1CNCC12CCCc1nc(Cl)ccc12)N1CCC(c2ccccc2)CC1C1CCC(F)(F)CC1. The van der Waals surface area contributed by atoms with Crippen LogP contribution in [-0.4, -0.2) is 47.4 Å². The molecule has 4 aliphatic rings. The number of alkyl halides is 2. The molecule has 6 rings (SSSR count). The number of carbonyl (C=O) groups is 1. The van der Waals surface area contributed by atoms with Crippen LogP contribution in [0.4, 0.5) is 8.78 Å². The second kappa shape index (κ2) is 9.92. The summed E-state index contributed by atoms with van der Waals surface area (Å²) < 4.78 is 28.2. The van der Waals surface area contributed by atoms with E-state index in [1.807, 2.05) is 12.1 Å². The minimum Gasteiger partial charge on any atom is -0.339 e. The standard InChI is InChI=1S/C30H36ClF2N3O/c31-27-9-8-23-25(35-27)7-4-13-29(23)19-34-18-24(29)28(37)36-16-12-22(20-5-2-1-3-6-20)17-26(36)21-10-14-30(32,33)15-11-21/h1-3,5-6,8-9,21-22,24,26,34H,4,7,10-19H2. The fraction of sp³-hybridized carbons (Fsp3) is 0.600. The Labute approximate surface area is 223 Å². The summed E-state index contributed by atoms with van der Waals surface area (Å²) in [5.41, 5.74) is 3.21. The Balaban J connectivity index is 1.30. The number of nitrogens with zero attached hydrogens (tertiary/aromatic N) is 2. The van der Waals surface area contributed by atoms with Crippen molar-refractivity contribution < 1.29 is 13.6 Å². The van der Waals surface area contributed by atoms with Gasteiger partial charge in [0.1, 0.15) is 5.15 Å². The van der Waals surface area contributed by atoms with Gasteiger partial charge < -0.3 is 10.2 Å². The molecule has 4 nitrogen and oxygen atoms in total. The number of aryl methyl sites for hydroxylation is 1. The number of piperidine rings is 1.